The third-order valence-corrected chi connectivity index (χ3v) is 3.67. The second-order valence-electron chi connectivity index (χ2n) is 5.46. The summed E-state index contributed by atoms with van der Waals surface area (Å²) in [6, 6.07) is 7.23. The predicted molar refractivity (Wildman–Crippen MR) is 79.5 cm³/mol. The molecule has 1 fully saturated rings. The molecule has 0 atom stereocenters. The van der Waals surface area contributed by atoms with Crippen molar-refractivity contribution in [2.24, 2.45) is 5.92 Å². The van der Waals surface area contributed by atoms with Crippen LogP contribution in [0.1, 0.15) is 19.8 Å². The standard InChI is InChI=1S/C16H23NO4/c1-3-20-14-4-6-15(7-5-14)21-11-16(19)17(2)10-12-8-13(18)9-12/h4-7,12-13,18H,3,8-11H2,1-2H3. The summed E-state index contributed by atoms with van der Waals surface area (Å²) in [5.41, 5.74) is 0. The third kappa shape index (κ3) is 4.63. The molecule has 1 aliphatic carbocycles. The Bertz CT molecular complexity index is 454. The van der Waals surface area contributed by atoms with Crippen LogP contribution in [-0.4, -0.2) is 48.8 Å². The number of aliphatic hydroxyl groups excluding tert-OH is 1. The Labute approximate surface area is 125 Å². The van der Waals surface area contributed by atoms with Crippen molar-refractivity contribution < 1.29 is 19.4 Å². The van der Waals surface area contributed by atoms with Crippen molar-refractivity contribution in [2.45, 2.75) is 25.9 Å². The highest BCUT2D eigenvalue weighted by atomic mass is 16.5. The maximum absolute atomic E-state index is 12.0. The molecule has 0 bridgehead atoms. The summed E-state index contributed by atoms with van der Waals surface area (Å²) in [7, 11) is 1.77. The van der Waals surface area contributed by atoms with Crippen molar-refractivity contribution in [3.05, 3.63) is 24.3 Å². The van der Waals surface area contributed by atoms with Crippen LogP contribution in [0.5, 0.6) is 11.5 Å². The van der Waals surface area contributed by atoms with E-state index in [0.29, 0.717) is 24.8 Å². The van der Waals surface area contributed by atoms with Gasteiger partial charge in [-0.3, -0.25) is 4.79 Å². The number of aliphatic hydroxyl groups is 1. The van der Waals surface area contributed by atoms with Crippen molar-refractivity contribution in [3.63, 3.8) is 0 Å². The molecule has 0 saturated heterocycles. The van der Waals surface area contributed by atoms with Crippen LogP contribution in [0.25, 0.3) is 0 Å². The molecule has 5 heteroatoms. The second-order valence-corrected chi connectivity index (χ2v) is 5.46. The molecule has 0 spiro atoms. The number of carbonyl (C=O) groups is 1. The molecule has 21 heavy (non-hydrogen) atoms. The van der Waals surface area contributed by atoms with Crippen LogP contribution >= 0.6 is 0 Å². The van der Waals surface area contributed by atoms with Gasteiger partial charge in [0.05, 0.1) is 12.7 Å². The van der Waals surface area contributed by atoms with Crippen LogP contribution in [-0.2, 0) is 4.79 Å². The zero-order valence-corrected chi connectivity index (χ0v) is 12.6. The normalized spacial score (nSPS) is 20.5. The van der Waals surface area contributed by atoms with Gasteiger partial charge in [0.2, 0.25) is 0 Å². The number of nitrogens with zero attached hydrogens (tertiary/aromatic N) is 1. The largest absolute Gasteiger partial charge is 0.494 e. The number of hydrogen-bond acceptors (Lipinski definition) is 4. The number of ether oxygens (including phenoxy) is 2. The molecule has 0 heterocycles. The van der Waals surface area contributed by atoms with Gasteiger partial charge in [0, 0.05) is 13.6 Å². The van der Waals surface area contributed by atoms with Gasteiger partial charge in [0.25, 0.3) is 5.91 Å². The van der Waals surface area contributed by atoms with Gasteiger partial charge >= 0.3 is 0 Å². The Kier molecular flexibility index (Phi) is 5.44. The molecule has 1 aliphatic rings. The molecular weight excluding hydrogens is 270 g/mol. The first-order chi connectivity index (χ1) is 10.1. The van der Waals surface area contributed by atoms with Gasteiger partial charge in [0.15, 0.2) is 6.61 Å². The topological polar surface area (TPSA) is 59.0 Å². The van der Waals surface area contributed by atoms with E-state index in [1.165, 1.54) is 0 Å². The van der Waals surface area contributed by atoms with Crippen LogP contribution in [0.2, 0.25) is 0 Å². The summed E-state index contributed by atoms with van der Waals surface area (Å²) in [5.74, 6) is 1.81. The van der Waals surface area contributed by atoms with E-state index in [9.17, 15) is 9.90 Å². The SMILES string of the molecule is CCOc1ccc(OCC(=O)N(C)CC2CC(O)C2)cc1. The number of amides is 1. The summed E-state index contributed by atoms with van der Waals surface area (Å²) in [5, 5.41) is 9.24. The van der Waals surface area contributed by atoms with Crippen LogP contribution in [0, 0.1) is 5.92 Å². The Balaban J connectivity index is 1.72. The van der Waals surface area contributed by atoms with Crippen molar-refractivity contribution in [1.82, 2.24) is 4.90 Å². The Morgan fingerprint density at radius 1 is 1.24 bits per heavy atom. The number of hydrogen-bond donors (Lipinski definition) is 1. The lowest BCUT2D eigenvalue weighted by atomic mass is 9.82. The van der Waals surface area contributed by atoms with Crippen LogP contribution in [0.15, 0.2) is 24.3 Å². The van der Waals surface area contributed by atoms with E-state index in [4.69, 9.17) is 9.47 Å². The first-order valence-electron chi connectivity index (χ1n) is 7.36. The first kappa shape index (κ1) is 15.6. The molecular formula is C16H23NO4. The highest BCUT2D eigenvalue weighted by Crippen LogP contribution is 2.27. The van der Waals surface area contributed by atoms with Gasteiger partial charge in [-0.1, -0.05) is 0 Å². The van der Waals surface area contributed by atoms with E-state index in [2.05, 4.69) is 0 Å². The maximum Gasteiger partial charge on any atom is 0.260 e. The molecule has 5 nitrogen and oxygen atoms in total. The number of carbonyl (C=O) groups excluding carboxylic acids is 1. The molecule has 1 aromatic carbocycles. The Morgan fingerprint density at radius 2 is 1.81 bits per heavy atom. The summed E-state index contributed by atoms with van der Waals surface area (Å²) < 4.78 is 10.8. The highest BCUT2D eigenvalue weighted by molar-refractivity contribution is 5.77. The average molecular weight is 293 g/mol. The lowest BCUT2D eigenvalue weighted by Gasteiger charge is -2.34. The summed E-state index contributed by atoms with van der Waals surface area (Å²) in [6.45, 7) is 3.27. The molecule has 0 radical (unpaired) electrons. The monoisotopic (exact) mass is 293 g/mol. The van der Waals surface area contributed by atoms with E-state index in [1.54, 1.807) is 24.1 Å². The van der Waals surface area contributed by atoms with E-state index < -0.39 is 0 Å². The fourth-order valence-electron chi connectivity index (χ4n) is 2.39. The van der Waals surface area contributed by atoms with Crippen LogP contribution < -0.4 is 9.47 Å². The van der Waals surface area contributed by atoms with Gasteiger partial charge in [-0.2, -0.15) is 0 Å². The maximum atomic E-state index is 12.0. The van der Waals surface area contributed by atoms with Crippen molar-refractivity contribution in [1.29, 1.82) is 0 Å². The third-order valence-electron chi connectivity index (χ3n) is 3.67. The van der Waals surface area contributed by atoms with E-state index in [0.717, 1.165) is 18.6 Å². The van der Waals surface area contributed by atoms with Gasteiger partial charge < -0.3 is 19.5 Å². The fraction of sp³-hybridized carbons (Fsp3) is 0.562. The molecule has 0 aromatic heterocycles. The fourth-order valence-corrected chi connectivity index (χ4v) is 2.39. The minimum atomic E-state index is -0.182. The molecule has 0 unspecified atom stereocenters. The molecule has 1 saturated carbocycles. The molecule has 1 aromatic rings. The lowest BCUT2D eigenvalue weighted by Crippen LogP contribution is -2.41. The number of benzene rings is 1. The van der Waals surface area contributed by atoms with Crippen LogP contribution in [0.3, 0.4) is 0 Å². The summed E-state index contributed by atoms with van der Waals surface area (Å²) in [4.78, 5) is 13.6. The van der Waals surface area contributed by atoms with Crippen molar-refractivity contribution >= 4 is 5.91 Å². The van der Waals surface area contributed by atoms with Crippen LogP contribution in [0.4, 0.5) is 0 Å². The predicted octanol–water partition coefficient (Wildman–Crippen LogP) is 1.69. The summed E-state index contributed by atoms with van der Waals surface area (Å²) in [6.07, 6.45) is 1.40. The van der Waals surface area contributed by atoms with Gasteiger partial charge in [-0.25, -0.2) is 0 Å². The minimum Gasteiger partial charge on any atom is -0.494 e. The number of rotatable bonds is 7. The first-order valence-corrected chi connectivity index (χ1v) is 7.36. The van der Waals surface area contributed by atoms with Crippen molar-refractivity contribution in [3.8, 4) is 11.5 Å². The van der Waals surface area contributed by atoms with Crippen molar-refractivity contribution in [2.75, 3.05) is 26.8 Å². The smallest absolute Gasteiger partial charge is 0.260 e. The Hall–Kier alpha value is -1.75. The minimum absolute atomic E-state index is 0.0275. The Morgan fingerprint density at radius 3 is 2.33 bits per heavy atom. The van der Waals surface area contributed by atoms with Gasteiger partial charge in [-0.05, 0) is 49.9 Å². The molecule has 1 amide bonds. The van der Waals surface area contributed by atoms with Gasteiger partial charge in [0.1, 0.15) is 11.5 Å². The zero-order valence-electron chi connectivity index (χ0n) is 12.6. The quantitative estimate of drug-likeness (QED) is 0.831. The molecule has 116 valence electrons. The van der Waals surface area contributed by atoms with E-state index in [-0.39, 0.29) is 18.6 Å². The molecule has 1 N–H and O–H groups in total. The average Bonchev–Trinajstić information content (AvgIpc) is 2.45. The zero-order chi connectivity index (χ0) is 15.2. The van der Waals surface area contributed by atoms with Gasteiger partial charge in [-0.15, -0.1) is 0 Å². The number of likely N-dealkylation sites (N-methyl/N-ethyl adjacent to an activating group) is 1. The second kappa shape index (κ2) is 7.31. The summed E-state index contributed by atoms with van der Waals surface area (Å²) >= 11 is 0. The molecule has 0 aliphatic heterocycles. The highest BCUT2D eigenvalue weighted by Gasteiger charge is 2.29. The van der Waals surface area contributed by atoms with E-state index >= 15 is 0 Å². The lowest BCUT2D eigenvalue weighted by molar-refractivity contribution is -0.133. The molecule has 2 rings (SSSR count). The van der Waals surface area contributed by atoms with E-state index in [1.807, 2.05) is 19.1 Å².